The first-order valence-corrected chi connectivity index (χ1v) is 12.9. The van der Waals surface area contributed by atoms with Gasteiger partial charge in [0.05, 0.1) is 17.6 Å². The van der Waals surface area contributed by atoms with E-state index in [0.717, 1.165) is 0 Å². The average Bonchev–Trinajstić information content (AvgIpc) is 2.74. The third-order valence-corrected chi connectivity index (χ3v) is 6.26. The molecule has 0 aromatic heterocycles. The zero-order chi connectivity index (χ0) is 28.3. The number of benzene rings is 1. The molecule has 1 aromatic carbocycles. The van der Waals surface area contributed by atoms with Crippen molar-refractivity contribution in [2.45, 2.75) is 96.4 Å². The molecule has 2 fully saturated rings. The number of alkyl carbamates (subject to hydrolysis) is 1. The van der Waals surface area contributed by atoms with Crippen LogP contribution in [0, 0.1) is 5.82 Å². The Morgan fingerprint density at radius 1 is 1.08 bits per heavy atom. The second-order valence-corrected chi connectivity index (χ2v) is 12.0. The summed E-state index contributed by atoms with van der Waals surface area (Å²) in [7, 11) is 0. The fraction of sp³-hybridized carbons (Fsp3) is 0.630. The smallest absolute Gasteiger partial charge is 0.408 e. The number of carbonyl (C=O) groups is 4. The van der Waals surface area contributed by atoms with E-state index in [0.29, 0.717) is 43.7 Å². The van der Waals surface area contributed by atoms with Gasteiger partial charge in [-0.1, -0.05) is 0 Å². The zero-order valence-electron chi connectivity index (χ0n) is 23.0. The highest BCUT2D eigenvalue weighted by molar-refractivity contribution is 6.01. The molecule has 3 amide bonds. The van der Waals surface area contributed by atoms with Gasteiger partial charge in [0.15, 0.2) is 0 Å². The van der Waals surface area contributed by atoms with Crippen LogP contribution in [-0.2, 0) is 23.9 Å². The lowest BCUT2D eigenvalue weighted by Crippen LogP contribution is -2.57. The van der Waals surface area contributed by atoms with Crippen molar-refractivity contribution >= 4 is 35.3 Å². The fourth-order valence-corrected chi connectivity index (χ4v) is 4.58. The SMILES string of the molecule is CC(C)(C)OC(=O)CC1(NC(=O)OC(C)(C)C)CCN(c2ccc(NC3CCC(=O)NC3=O)cc2F)CC1. The van der Waals surface area contributed by atoms with E-state index in [2.05, 4.69) is 16.0 Å². The molecule has 38 heavy (non-hydrogen) atoms. The Kier molecular flexibility index (Phi) is 8.58. The number of piperidine rings is 2. The highest BCUT2D eigenvalue weighted by atomic mass is 19.1. The largest absolute Gasteiger partial charge is 0.460 e. The van der Waals surface area contributed by atoms with Crippen LogP contribution in [0.5, 0.6) is 0 Å². The zero-order valence-corrected chi connectivity index (χ0v) is 23.0. The third-order valence-electron chi connectivity index (χ3n) is 6.26. The molecule has 10 nitrogen and oxygen atoms in total. The molecule has 2 aliphatic heterocycles. The summed E-state index contributed by atoms with van der Waals surface area (Å²) in [6, 6.07) is 4.02. The van der Waals surface area contributed by atoms with E-state index in [1.165, 1.54) is 6.07 Å². The van der Waals surface area contributed by atoms with Crippen LogP contribution in [0.4, 0.5) is 20.6 Å². The number of halogens is 1. The molecular weight excluding hydrogens is 495 g/mol. The number of esters is 1. The maximum Gasteiger partial charge on any atom is 0.408 e. The summed E-state index contributed by atoms with van der Waals surface area (Å²) in [4.78, 5) is 50.6. The molecule has 1 atom stereocenters. The summed E-state index contributed by atoms with van der Waals surface area (Å²) in [5, 5.41) is 8.15. The van der Waals surface area contributed by atoms with Gasteiger partial charge in [0.1, 0.15) is 23.1 Å². The Hall–Kier alpha value is -3.37. The summed E-state index contributed by atoms with van der Waals surface area (Å²) >= 11 is 0. The number of anilines is 2. The normalized spacial score (nSPS) is 19.9. The molecule has 2 aliphatic rings. The Labute approximate surface area is 223 Å². The number of hydrogen-bond donors (Lipinski definition) is 3. The van der Waals surface area contributed by atoms with Crippen LogP contribution >= 0.6 is 0 Å². The topological polar surface area (TPSA) is 126 Å². The van der Waals surface area contributed by atoms with Gasteiger partial charge < -0.3 is 25.0 Å². The van der Waals surface area contributed by atoms with Gasteiger partial charge in [-0.05, 0) is 79.0 Å². The van der Waals surface area contributed by atoms with Crippen LogP contribution in [0.2, 0.25) is 0 Å². The number of rotatable bonds is 6. The number of imide groups is 1. The molecule has 2 saturated heterocycles. The van der Waals surface area contributed by atoms with Crippen molar-refractivity contribution in [1.29, 1.82) is 0 Å². The van der Waals surface area contributed by atoms with Gasteiger partial charge in [0, 0.05) is 25.2 Å². The van der Waals surface area contributed by atoms with Crippen LogP contribution in [0.25, 0.3) is 0 Å². The Bertz CT molecular complexity index is 1040. The van der Waals surface area contributed by atoms with Crippen molar-refractivity contribution in [2.24, 2.45) is 0 Å². The molecule has 0 aliphatic carbocycles. The molecular formula is C27H39FN4O6. The van der Waals surface area contributed by atoms with E-state index < -0.39 is 46.6 Å². The van der Waals surface area contributed by atoms with Crippen molar-refractivity contribution in [2.75, 3.05) is 23.3 Å². The van der Waals surface area contributed by atoms with E-state index in [9.17, 15) is 19.2 Å². The standard InChI is InChI=1S/C27H39FN4O6/c1-25(2,3)37-22(34)16-27(31-24(36)38-26(4,5)6)11-13-32(14-12-27)20-9-7-17(15-18(20)28)29-19-8-10-21(33)30-23(19)35/h7,9,15,19,29H,8,10-14,16H2,1-6H3,(H,31,36)(H,30,33,35). The summed E-state index contributed by atoms with van der Waals surface area (Å²) in [6.45, 7) is 11.4. The van der Waals surface area contributed by atoms with Crippen molar-refractivity contribution < 1.29 is 33.0 Å². The van der Waals surface area contributed by atoms with E-state index in [4.69, 9.17) is 9.47 Å². The minimum Gasteiger partial charge on any atom is -0.460 e. The third kappa shape index (κ3) is 8.32. The first-order valence-electron chi connectivity index (χ1n) is 12.9. The van der Waals surface area contributed by atoms with Crippen LogP contribution in [-0.4, -0.2) is 59.7 Å². The van der Waals surface area contributed by atoms with Crippen molar-refractivity contribution in [1.82, 2.24) is 10.6 Å². The molecule has 0 bridgehead atoms. The number of ether oxygens (including phenoxy) is 2. The molecule has 11 heteroatoms. The lowest BCUT2D eigenvalue weighted by Gasteiger charge is -2.43. The predicted molar refractivity (Wildman–Crippen MR) is 140 cm³/mol. The molecule has 210 valence electrons. The van der Waals surface area contributed by atoms with Crippen LogP contribution in [0.15, 0.2) is 18.2 Å². The molecule has 0 saturated carbocycles. The fourth-order valence-electron chi connectivity index (χ4n) is 4.58. The average molecular weight is 535 g/mol. The number of carbonyl (C=O) groups excluding carboxylic acids is 4. The minimum atomic E-state index is -0.898. The van der Waals surface area contributed by atoms with E-state index >= 15 is 4.39 Å². The first-order chi connectivity index (χ1) is 17.5. The van der Waals surface area contributed by atoms with E-state index in [1.54, 1.807) is 53.7 Å². The molecule has 2 heterocycles. The molecule has 3 N–H and O–H groups in total. The highest BCUT2D eigenvalue weighted by Gasteiger charge is 2.41. The lowest BCUT2D eigenvalue weighted by molar-refractivity contribution is -0.156. The number of hydrogen-bond acceptors (Lipinski definition) is 8. The van der Waals surface area contributed by atoms with Gasteiger partial charge in [-0.15, -0.1) is 0 Å². The summed E-state index contributed by atoms with van der Waals surface area (Å²) in [6.07, 6.45) is 0.659. The van der Waals surface area contributed by atoms with Crippen molar-refractivity contribution in [3.05, 3.63) is 24.0 Å². The van der Waals surface area contributed by atoms with Crippen LogP contribution < -0.4 is 20.9 Å². The van der Waals surface area contributed by atoms with Gasteiger partial charge in [0.25, 0.3) is 0 Å². The van der Waals surface area contributed by atoms with Crippen molar-refractivity contribution in [3.63, 3.8) is 0 Å². The van der Waals surface area contributed by atoms with Gasteiger partial charge in [-0.2, -0.15) is 0 Å². The van der Waals surface area contributed by atoms with Gasteiger partial charge in [-0.3, -0.25) is 19.7 Å². The monoisotopic (exact) mass is 534 g/mol. The number of amides is 3. The van der Waals surface area contributed by atoms with Crippen LogP contribution in [0.3, 0.4) is 0 Å². The molecule has 1 aromatic rings. The molecule has 3 rings (SSSR count). The summed E-state index contributed by atoms with van der Waals surface area (Å²) in [5.74, 6) is -1.65. The van der Waals surface area contributed by atoms with E-state index in [-0.39, 0.29) is 18.7 Å². The minimum absolute atomic E-state index is 0.0331. The number of nitrogens with one attached hydrogen (secondary N) is 3. The second-order valence-electron chi connectivity index (χ2n) is 12.0. The van der Waals surface area contributed by atoms with Crippen molar-refractivity contribution in [3.8, 4) is 0 Å². The molecule has 0 radical (unpaired) electrons. The predicted octanol–water partition coefficient (Wildman–Crippen LogP) is 3.64. The van der Waals surface area contributed by atoms with Gasteiger partial charge >= 0.3 is 12.1 Å². The maximum atomic E-state index is 15.1. The molecule has 0 spiro atoms. The second kappa shape index (κ2) is 11.2. The number of nitrogens with zero attached hydrogens (tertiary/aromatic N) is 1. The summed E-state index contributed by atoms with van der Waals surface area (Å²) < 4.78 is 26.1. The Morgan fingerprint density at radius 2 is 1.71 bits per heavy atom. The van der Waals surface area contributed by atoms with E-state index in [1.807, 2.05) is 4.90 Å². The quantitative estimate of drug-likeness (QED) is 0.373. The Balaban J connectivity index is 1.69. The van der Waals surface area contributed by atoms with Gasteiger partial charge in [0.2, 0.25) is 11.8 Å². The summed E-state index contributed by atoms with van der Waals surface area (Å²) in [5.41, 5.74) is -1.46. The lowest BCUT2D eigenvalue weighted by atomic mass is 9.84. The highest BCUT2D eigenvalue weighted by Crippen LogP contribution is 2.33. The van der Waals surface area contributed by atoms with Gasteiger partial charge in [-0.25, -0.2) is 9.18 Å². The first kappa shape index (κ1) is 29.2. The van der Waals surface area contributed by atoms with Crippen LogP contribution in [0.1, 0.15) is 73.6 Å². The molecule has 1 unspecified atom stereocenters. The maximum absolute atomic E-state index is 15.1. The Morgan fingerprint density at radius 3 is 2.26 bits per heavy atom.